The lowest BCUT2D eigenvalue weighted by molar-refractivity contribution is -0.129. The van der Waals surface area contributed by atoms with Crippen LogP contribution < -0.4 is 4.90 Å². The zero-order valence-electron chi connectivity index (χ0n) is 18.4. The van der Waals surface area contributed by atoms with Gasteiger partial charge in [0.1, 0.15) is 0 Å². The Balaban J connectivity index is 1.54. The molecule has 5 nitrogen and oxygen atoms in total. The second-order valence-electron chi connectivity index (χ2n) is 8.33. The minimum Gasteiger partial charge on any atom is -0.378 e. The van der Waals surface area contributed by atoms with Crippen LogP contribution in [0.1, 0.15) is 27.9 Å². The highest BCUT2D eigenvalue weighted by molar-refractivity contribution is 5.93. The number of likely N-dealkylation sites (N-methyl/N-ethyl adjacent to an activating group) is 1. The van der Waals surface area contributed by atoms with Gasteiger partial charge in [-0.15, -0.1) is 0 Å². The topological polar surface area (TPSA) is 48.6 Å². The number of rotatable bonds is 5. The van der Waals surface area contributed by atoms with Gasteiger partial charge in [-0.1, -0.05) is 30.3 Å². The van der Waals surface area contributed by atoms with Gasteiger partial charge in [0.2, 0.25) is 5.91 Å². The van der Waals surface area contributed by atoms with Crippen LogP contribution in [0, 0.1) is 20.8 Å². The summed E-state index contributed by atoms with van der Waals surface area (Å²) in [6.45, 7) is 10.2. The van der Waals surface area contributed by atoms with E-state index in [0.29, 0.717) is 13.0 Å². The first-order chi connectivity index (χ1) is 14.5. The van der Waals surface area contributed by atoms with Gasteiger partial charge in [-0.25, -0.2) is 0 Å². The Bertz CT molecular complexity index is 1060. The summed E-state index contributed by atoms with van der Waals surface area (Å²) in [5.41, 5.74) is 8.15. The van der Waals surface area contributed by atoms with Gasteiger partial charge in [0.05, 0.1) is 19.6 Å². The molecule has 0 aliphatic carbocycles. The predicted molar refractivity (Wildman–Crippen MR) is 122 cm³/mol. The van der Waals surface area contributed by atoms with Crippen molar-refractivity contribution >= 4 is 22.5 Å². The zero-order chi connectivity index (χ0) is 21.3. The Hall–Kier alpha value is -2.79. The molecule has 3 aromatic rings. The summed E-state index contributed by atoms with van der Waals surface area (Å²) in [6.07, 6.45) is 0.409. The standard InChI is InChI=1S/C25H31N3O2/c1-17-9-10-18(2)25-24(17)21(19(3)26-25)15-23(29)27(4)16-20-7-5-6-8-22(20)28-11-13-30-14-12-28/h5-10,26H,11-16H2,1-4H3. The van der Waals surface area contributed by atoms with Gasteiger partial charge in [0.25, 0.3) is 0 Å². The molecular weight excluding hydrogens is 374 g/mol. The van der Waals surface area contributed by atoms with Gasteiger partial charge in [-0.2, -0.15) is 0 Å². The van der Waals surface area contributed by atoms with Crippen LogP contribution in [-0.4, -0.2) is 49.1 Å². The number of anilines is 1. The number of para-hydroxylation sites is 1. The molecule has 1 aromatic heterocycles. The number of aromatic amines is 1. The van der Waals surface area contributed by atoms with Crippen molar-refractivity contribution in [1.82, 2.24) is 9.88 Å². The molecule has 0 bridgehead atoms. The van der Waals surface area contributed by atoms with Crippen LogP contribution >= 0.6 is 0 Å². The third-order valence-corrected chi connectivity index (χ3v) is 6.19. The number of aromatic nitrogens is 1. The summed E-state index contributed by atoms with van der Waals surface area (Å²) < 4.78 is 5.49. The zero-order valence-corrected chi connectivity index (χ0v) is 18.4. The monoisotopic (exact) mass is 405 g/mol. The van der Waals surface area contributed by atoms with Crippen LogP contribution in [-0.2, 0) is 22.5 Å². The number of carbonyl (C=O) groups is 1. The first kappa shape index (κ1) is 20.5. The van der Waals surface area contributed by atoms with E-state index in [1.54, 1.807) is 0 Å². The van der Waals surface area contributed by atoms with Crippen LogP contribution in [0.5, 0.6) is 0 Å². The van der Waals surface area contributed by atoms with Gasteiger partial charge in [0, 0.05) is 49.0 Å². The Morgan fingerprint density at radius 3 is 2.53 bits per heavy atom. The molecule has 0 spiro atoms. The van der Waals surface area contributed by atoms with Crippen molar-refractivity contribution in [3.63, 3.8) is 0 Å². The lowest BCUT2D eigenvalue weighted by atomic mass is 10.0. The van der Waals surface area contributed by atoms with Crippen molar-refractivity contribution in [1.29, 1.82) is 0 Å². The van der Waals surface area contributed by atoms with Crippen molar-refractivity contribution in [3.8, 4) is 0 Å². The van der Waals surface area contributed by atoms with E-state index in [1.807, 2.05) is 18.0 Å². The molecule has 30 heavy (non-hydrogen) atoms. The van der Waals surface area contributed by atoms with E-state index in [9.17, 15) is 4.79 Å². The number of carbonyl (C=O) groups excluding carboxylic acids is 1. The fraction of sp³-hybridized carbons (Fsp3) is 0.400. The number of hydrogen-bond acceptors (Lipinski definition) is 3. The number of ether oxygens (including phenoxy) is 1. The number of benzene rings is 2. The van der Waals surface area contributed by atoms with Crippen LogP contribution in [0.4, 0.5) is 5.69 Å². The smallest absolute Gasteiger partial charge is 0.227 e. The van der Waals surface area contributed by atoms with E-state index >= 15 is 0 Å². The lowest BCUT2D eigenvalue weighted by Crippen LogP contribution is -2.37. The Morgan fingerprint density at radius 1 is 1.07 bits per heavy atom. The minimum atomic E-state index is 0.136. The molecule has 1 aliphatic heterocycles. The van der Waals surface area contributed by atoms with Gasteiger partial charge < -0.3 is 19.5 Å². The van der Waals surface area contributed by atoms with E-state index in [-0.39, 0.29) is 5.91 Å². The molecule has 1 aliphatic rings. The molecule has 1 amide bonds. The van der Waals surface area contributed by atoms with Crippen molar-refractivity contribution in [2.75, 3.05) is 38.3 Å². The van der Waals surface area contributed by atoms with Crippen molar-refractivity contribution in [2.24, 2.45) is 0 Å². The molecule has 0 radical (unpaired) electrons. The number of hydrogen-bond donors (Lipinski definition) is 1. The summed E-state index contributed by atoms with van der Waals surface area (Å²) in [4.78, 5) is 20.9. The van der Waals surface area contributed by atoms with E-state index in [1.165, 1.54) is 27.8 Å². The number of H-pyrrole nitrogens is 1. The van der Waals surface area contributed by atoms with E-state index in [2.05, 4.69) is 61.0 Å². The second kappa shape index (κ2) is 8.52. The fourth-order valence-corrected chi connectivity index (χ4v) is 4.42. The summed E-state index contributed by atoms with van der Waals surface area (Å²) in [5, 5.41) is 1.20. The van der Waals surface area contributed by atoms with Gasteiger partial charge in [-0.3, -0.25) is 4.79 Å². The number of morpholine rings is 1. The van der Waals surface area contributed by atoms with Crippen molar-refractivity contribution in [2.45, 2.75) is 33.7 Å². The van der Waals surface area contributed by atoms with Gasteiger partial charge in [0.15, 0.2) is 0 Å². The van der Waals surface area contributed by atoms with Crippen LogP contribution in [0.3, 0.4) is 0 Å². The maximum Gasteiger partial charge on any atom is 0.227 e. The molecule has 0 unspecified atom stereocenters. The number of nitrogens with one attached hydrogen (secondary N) is 1. The maximum atomic E-state index is 13.2. The first-order valence-corrected chi connectivity index (χ1v) is 10.7. The van der Waals surface area contributed by atoms with Gasteiger partial charge >= 0.3 is 0 Å². The van der Waals surface area contributed by atoms with E-state index in [4.69, 9.17) is 4.74 Å². The molecule has 1 N–H and O–H groups in total. The number of amides is 1. The lowest BCUT2D eigenvalue weighted by Gasteiger charge is -2.31. The van der Waals surface area contributed by atoms with E-state index < -0.39 is 0 Å². The highest BCUT2D eigenvalue weighted by atomic mass is 16.5. The molecule has 2 aromatic carbocycles. The highest BCUT2D eigenvalue weighted by Crippen LogP contribution is 2.29. The SMILES string of the molecule is Cc1[nH]c2c(C)ccc(C)c2c1CC(=O)N(C)Cc1ccccc1N1CCOCC1. The molecule has 158 valence electrons. The largest absolute Gasteiger partial charge is 0.378 e. The Labute approximate surface area is 178 Å². The molecule has 1 saturated heterocycles. The predicted octanol–water partition coefficient (Wildman–Crippen LogP) is 4.13. The third kappa shape index (κ3) is 3.94. The second-order valence-corrected chi connectivity index (χ2v) is 8.33. The van der Waals surface area contributed by atoms with E-state index in [0.717, 1.165) is 43.1 Å². The normalized spacial score (nSPS) is 14.3. The summed E-state index contributed by atoms with van der Waals surface area (Å²) >= 11 is 0. The number of nitrogens with zero attached hydrogens (tertiary/aromatic N) is 2. The van der Waals surface area contributed by atoms with Crippen molar-refractivity contribution < 1.29 is 9.53 Å². The minimum absolute atomic E-state index is 0.136. The Morgan fingerprint density at radius 2 is 1.77 bits per heavy atom. The number of aryl methyl sites for hydroxylation is 3. The molecule has 5 heteroatoms. The average molecular weight is 406 g/mol. The van der Waals surface area contributed by atoms with Crippen molar-refractivity contribution in [3.05, 3.63) is 64.3 Å². The average Bonchev–Trinajstić information content (AvgIpc) is 3.09. The molecule has 4 rings (SSSR count). The Kier molecular flexibility index (Phi) is 5.82. The summed E-state index contributed by atoms with van der Waals surface area (Å²) in [7, 11) is 1.90. The summed E-state index contributed by atoms with van der Waals surface area (Å²) in [6, 6.07) is 12.7. The molecule has 2 heterocycles. The molecule has 0 atom stereocenters. The number of fused-ring (bicyclic) bond motifs is 1. The third-order valence-electron chi connectivity index (χ3n) is 6.19. The highest BCUT2D eigenvalue weighted by Gasteiger charge is 2.20. The van der Waals surface area contributed by atoms with Crippen LogP contribution in [0.25, 0.3) is 10.9 Å². The van der Waals surface area contributed by atoms with Gasteiger partial charge in [-0.05, 0) is 49.1 Å². The summed E-state index contributed by atoms with van der Waals surface area (Å²) in [5.74, 6) is 0.136. The maximum absolute atomic E-state index is 13.2. The van der Waals surface area contributed by atoms with Crippen LogP contribution in [0.15, 0.2) is 36.4 Å². The molecule has 1 fully saturated rings. The molecular formula is C25H31N3O2. The molecule has 0 saturated carbocycles. The fourth-order valence-electron chi connectivity index (χ4n) is 4.42. The van der Waals surface area contributed by atoms with Crippen LogP contribution in [0.2, 0.25) is 0 Å². The first-order valence-electron chi connectivity index (χ1n) is 10.7. The quantitative estimate of drug-likeness (QED) is 0.694.